The monoisotopic (exact) mass is 333 g/mol. The van der Waals surface area contributed by atoms with Crippen molar-refractivity contribution in [1.82, 2.24) is 14.7 Å². The molecule has 5 nitrogen and oxygen atoms in total. The normalized spacial score (nSPS) is 21.4. The first kappa shape index (κ1) is 16.0. The van der Waals surface area contributed by atoms with Crippen LogP contribution in [0.3, 0.4) is 0 Å². The van der Waals surface area contributed by atoms with Crippen LogP contribution in [0.5, 0.6) is 0 Å². The zero-order valence-corrected chi connectivity index (χ0v) is 14.0. The molecule has 1 saturated heterocycles. The highest BCUT2D eigenvalue weighted by molar-refractivity contribution is 6.30. The lowest BCUT2D eigenvalue weighted by molar-refractivity contribution is -0.0586. The van der Waals surface area contributed by atoms with Gasteiger partial charge < -0.3 is 9.64 Å². The molecule has 0 spiro atoms. The largest absolute Gasteiger partial charge is 0.372 e. The van der Waals surface area contributed by atoms with Crippen LogP contribution in [0.15, 0.2) is 36.7 Å². The highest BCUT2D eigenvalue weighted by atomic mass is 35.5. The van der Waals surface area contributed by atoms with E-state index in [-0.39, 0.29) is 18.1 Å². The number of hydrogen-bond acceptors (Lipinski definition) is 3. The van der Waals surface area contributed by atoms with Crippen molar-refractivity contribution in [2.24, 2.45) is 0 Å². The number of rotatable bonds is 3. The number of carbonyl (C=O) groups excluding carboxylic acids is 1. The van der Waals surface area contributed by atoms with E-state index in [1.54, 1.807) is 17.1 Å². The second-order valence-corrected chi connectivity index (χ2v) is 6.46. The molecule has 0 N–H and O–H groups in total. The van der Waals surface area contributed by atoms with Gasteiger partial charge in [-0.3, -0.25) is 9.48 Å². The van der Waals surface area contributed by atoms with Crippen molar-refractivity contribution < 1.29 is 9.53 Å². The Balaban J connectivity index is 1.67. The number of ether oxygens (including phenoxy) is 1. The van der Waals surface area contributed by atoms with Crippen LogP contribution < -0.4 is 0 Å². The Kier molecular flexibility index (Phi) is 4.68. The molecule has 2 aromatic rings. The van der Waals surface area contributed by atoms with Crippen LogP contribution in [0.4, 0.5) is 0 Å². The molecule has 23 heavy (non-hydrogen) atoms. The van der Waals surface area contributed by atoms with Gasteiger partial charge in [-0.1, -0.05) is 23.7 Å². The third kappa shape index (κ3) is 3.92. The van der Waals surface area contributed by atoms with Crippen molar-refractivity contribution in [2.75, 3.05) is 13.1 Å². The second-order valence-electron chi connectivity index (χ2n) is 6.02. The molecule has 1 aromatic carbocycles. The van der Waals surface area contributed by atoms with Crippen LogP contribution in [0.1, 0.15) is 29.8 Å². The summed E-state index contributed by atoms with van der Waals surface area (Å²) in [5.74, 6) is 0.0562. The molecule has 1 aliphatic rings. The van der Waals surface area contributed by atoms with Gasteiger partial charge in [-0.25, -0.2) is 0 Å². The molecule has 122 valence electrons. The Morgan fingerprint density at radius 3 is 2.48 bits per heavy atom. The standard InChI is InChI=1S/C17H20ClN3O2/c1-12-8-20(9-13(2)23-12)17(22)15-5-3-14(4-6-15)10-21-11-16(18)7-19-21/h3-7,11-13H,8-10H2,1-2H3. The van der Waals surface area contributed by atoms with E-state index in [2.05, 4.69) is 5.10 Å². The number of halogens is 1. The van der Waals surface area contributed by atoms with Crippen molar-refractivity contribution in [2.45, 2.75) is 32.6 Å². The fourth-order valence-corrected chi connectivity index (χ4v) is 3.05. The summed E-state index contributed by atoms with van der Waals surface area (Å²) in [6.07, 6.45) is 3.54. The molecule has 0 radical (unpaired) electrons. The maximum Gasteiger partial charge on any atom is 0.254 e. The fraction of sp³-hybridized carbons (Fsp3) is 0.412. The summed E-state index contributed by atoms with van der Waals surface area (Å²) in [7, 11) is 0. The number of amides is 1. The predicted molar refractivity (Wildman–Crippen MR) is 88.7 cm³/mol. The first-order chi connectivity index (χ1) is 11.0. The molecule has 1 aromatic heterocycles. The van der Waals surface area contributed by atoms with Crippen molar-refractivity contribution in [3.8, 4) is 0 Å². The van der Waals surface area contributed by atoms with Gasteiger partial charge in [-0.15, -0.1) is 0 Å². The van der Waals surface area contributed by atoms with Gasteiger partial charge in [0.25, 0.3) is 5.91 Å². The van der Waals surface area contributed by atoms with Gasteiger partial charge in [0.1, 0.15) is 0 Å². The quantitative estimate of drug-likeness (QED) is 0.867. The zero-order chi connectivity index (χ0) is 16.4. The van der Waals surface area contributed by atoms with E-state index in [9.17, 15) is 4.79 Å². The minimum atomic E-state index is 0.0562. The number of morpholine rings is 1. The van der Waals surface area contributed by atoms with Gasteiger partial charge >= 0.3 is 0 Å². The van der Waals surface area contributed by atoms with Crippen molar-refractivity contribution >= 4 is 17.5 Å². The summed E-state index contributed by atoms with van der Waals surface area (Å²) >= 11 is 5.86. The molecule has 0 saturated carbocycles. The molecule has 1 aliphatic heterocycles. The van der Waals surface area contributed by atoms with Crippen LogP contribution >= 0.6 is 11.6 Å². The van der Waals surface area contributed by atoms with E-state index >= 15 is 0 Å². The number of aromatic nitrogens is 2. The summed E-state index contributed by atoms with van der Waals surface area (Å²) in [6, 6.07) is 7.65. The van der Waals surface area contributed by atoms with Gasteiger partial charge in [0.2, 0.25) is 0 Å². The summed E-state index contributed by atoms with van der Waals surface area (Å²) in [5.41, 5.74) is 1.78. The molecular formula is C17H20ClN3O2. The summed E-state index contributed by atoms with van der Waals surface area (Å²) in [4.78, 5) is 14.5. The topological polar surface area (TPSA) is 47.4 Å². The second kappa shape index (κ2) is 6.72. The van der Waals surface area contributed by atoms with Crippen molar-refractivity contribution in [3.05, 3.63) is 52.8 Å². The number of hydrogen-bond donors (Lipinski definition) is 0. The Morgan fingerprint density at radius 2 is 1.91 bits per heavy atom. The summed E-state index contributed by atoms with van der Waals surface area (Å²) < 4.78 is 7.44. The number of benzene rings is 1. The number of nitrogens with zero attached hydrogens (tertiary/aromatic N) is 3. The summed E-state index contributed by atoms with van der Waals surface area (Å²) in [5, 5.41) is 4.77. The highest BCUT2D eigenvalue weighted by Gasteiger charge is 2.26. The maximum atomic E-state index is 12.6. The Bertz CT molecular complexity index is 673. The fourth-order valence-electron chi connectivity index (χ4n) is 2.89. The Morgan fingerprint density at radius 1 is 1.26 bits per heavy atom. The van der Waals surface area contributed by atoms with Crippen LogP contribution in [0.2, 0.25) is 5.02 Å². The average Bonchev–Trinajstić information content (AvgIpc) is 2.91. The van der Waals surface area contributed by atoms with Crippen LogP contribution in [0.25, 0.3) is 0 Å². The van der Waals surface area contributed by atoms with Crippen LogP contribution in [-0.2, 0) is 11.3 Å². The molecule has 2 atom stereocenters. The molecule has 3 rings (SSSR count). The maximum absolute atomic E-state index is 12.6. The lowest BCUT2D eigenvalue weighted by atomic mass is 10.1. The predicted octanol–water partition coefficient (Wildman–Crippen LogP) is 2.83. The van der Waals surface area contributed by atoms with E-state index in [0.717, 1.165) is 5.56 Å². The van der Waals surface area contributed by atoms with Crippen LogP contribution in [0, 0.1) is 0 Å². The zero-order valence-electron chi connectivity index (χ0n) is 13.3. The van der Waals surface area contributed by atoms with Gasteiger partial charge in [-0.05, 0) is 31.5 Å². The SMILES string of the molecule is CC1CN(C(=O)c2ccc(Cn3cc(Cl)cn3)cc2)CC(C)O1. The minimum Gasteiger partial charge on any atom is -0.372 e. The van der Waals surface area contributed by atoms with E-state index in [0.29, 0.717) is 30.2 Å². The molecule has 2 heterocycles. The molecule has 0 bridgehead atoms. The lowest BCUT2D eigenvalue weighted by Crippen LogP contribution is -2.48. The summed E-state index contributed by atoms with van der Waals surface area (Å²) in [6.45, 7) is 5.89. The van der Waals surface area contributed by atoms with E-state index in [4.69, 9.17) is 16.3 Å². The minimum absolute atomic E-state index is 0.0562. The third-order valence-corrected chi connectivity index (χ3v) is 4.05. The lowest BCUT2D eigenvalue weighted by Gasteiger charge is -2.35. The molecule has 1 fully saturated rings. The van der Waals surface area contributed by atoms with Gasteiger partial charge in [0.15, 0.2) is 0 Å². The first-order valence-corrected chi connectivity index (χ1v) is 8.10. The third-order valence-electron chi connectivity index (χ3n) is 3.85. The first-order valence-electron chi connectivity index (χ1n) is 7.73. The van der Waals surface area contributed by atoms with Gasteiger partial charge in [0.05, 0.1) is 30.0 Å². The Labute approximate surface area is 140 Å². The molecular weight excluding hydrogens is 314 g/mol. The van der Waals surface area contributed by atoms with Gasteiger partial charge in [0, 0.05) is 24.8 Å². The molecule has 0 aliphatic carbocycles. The van der Waals surface area contributed by atoms with Crippen molar-refractivity contribution in [1.29, 1.82) is 0 Å². The average molecular weight is 334 g/mol. The van der Waals surface area contributed by atoms with E-state index in [1.165, 1.54) is 0 Å². The van der Waals surface area contributed by atoms with Gasteiger partial charge in [-0.2, -0.15) is 5.10 Å². The molecule has 6 heteroatoms. The number of carbonyl (C=O) groups is 1. The van der Waals surface area contributed by atoms with Crippen LogP contribution in [-0.4, -0.2) is 45.9 Å². The molecule has 1 amide bonds. The smallest absolute Gasteiger partial charge is 0.254 e. The highest BCUT2D eigenvalue weighted by Crippen LogP contribution is 2.15. The van der Waals surface area contributed by atoms with E-state index in [1.807, 2.05) is 43.0 Å². The molecule has 2 unspecified atom stereocenters. The van der Waals surface area contributed by atoms with E-state index < -0.39 is 0 Å². The van der Waals surface area contributed by atoms with Crippen molar-refractivity contribution in [3.63, 3.8) is 0 Å². The Hall–Kier alpha value is -1.85.